The van der Waals surface area contributed by atoms with Crippen molar-refractivity contribution in [2.45, 2.75) is 26.3 Å². The normalized spacial score (nSPS) is 22.3. The van der Waals surface area contributed by atoms with Crippen molar-refractivity contribution in [1.82, 2.24) is 4.90 Å². The van der Waals surface area contributed by atoms with Crippen molar-refractivity contribution in [2.24, 2.45) is 16.9 Å². The van der Waals surface area contributed by atoms with Crippen LogP contribution >= 0.6 is 11.3 Å². The molecule has 0 saturated carbocycles. The van der Waals surface area contributed by atoms with E-state index < -0.39 is 5.91 Å². The molecule has 1 fully saturated rings. The lowest BCUT2D eigenvalue weighted by atomic mass is 9.79. The average Bonchev–Trinajstić information content (AvgIpc) is 2.81. The number of carbonyl (C=O) groups is 2. The summed E-state index contributed by atoms with van der Waals surface area (Å²) in [5.41, 5.74) is 11.6. The Kier molecular flexibility index (Phi) is 3.64. The van der Waals surface area contributed by atoms with Gasteiger partial charge in [0.2, 0.25) is 5.91 Å². The first kappa shape index (κ1) is 14.0. The second kappa shape index (κ2) is 4.94. The third-order valence-corrected chi connectivity index (χ3v) is 4.61. The molecule has 1 aromatic rings. The SMILES string of the molecule is CC1(C)CN(C(=O)c2cc(C(N)=O)cs2)CCC1N. The van der Waals surface area contributed by atoms with E-state index in [0.29, 0.717) is 23.5 Å². The van der Waals surface area contributed by atoms with Gasteiger partial charge < -0.3 is 16.4 Å². The van der Waals surface area contributed by atoms with E-state index in [1.54, 1.807) is 16.3 Å². The number of thiophene rings is 1. The van der Waals surface area contributed by atoms with Gasteiger partial charge in [0.1, 0.15) is 0 Å². The van der Waals surface area contributed by atoms with E-state index in [0.717, 1.165) is 6.42 Å². The molecule has 2 rings (SSSR count). The first-order chi connectivity index (χ1) is 8.81. The monoisotopic (exact) mass is 281 g/mol. The summed E-state index contributed by atoms with van der Waals surface area (Å²) in [5.74, 6) is -0.547. The van der Waals surface area contributed by atoms with Crippen LogP contribution in [0.25, 0.3) is 0 Å². The Morgan fingerprint density at radius 1 is 1.47 bits per heavy atom. The van der Waals surface area contributed by atoms with Gasteiger partial charge >= 0.3 is 0 Å². The number of carbonyl (C=O) groups excluding carboxylic acids is 2. The molecule has 0 radical (unpaired) electrons. The highest BCUT2D eigenvalue weighted by molar-refractivity contribution is 7.12. The molecule has 5 nitrogen and oxygen atoms in total. The van der Waals surface area contributed by atoms with Crippen LogP contribution < -0.4 is 11.5 Å². The lowest BCUT2D eigenvalue weighted by molar-refractivity contribution is 0.0537. The molecular weight excluding hydrogens is 262 g/mol. The Morgan fingerprint density at radius 2 is 2.16 bits per heavy atom. The van der Waals surface area contributed by atoms with Crippen molar-refractivity contribution in [2.75, 3.05) is 13.1 Å². The summed E-state index contributed by atoms with van der Waals surface area (Å²) in [7, 11) is 0. The number of likely N-dealkylation sites (tertiary alicyclic amines) is 1. The Morgan fingerprint density at radius 3 is 2.68 bits per heavy atom. The number of piperidine rings is 1. The molecule has 0 aliphatic carbocycles. The minimum Gasteiger partial charge on any atom is -0.366 e. The van der Waals surface area contributed by atoms with Crippen molar-refractivity contribution in [3.8, 4) is 0 Å². The molecule has 104 valence electrons. The number of amides is 2. The molecule has 19 heavy (non-hydrogen) atoms. The summed E-state index contributed by atoms with van der Waals surface area (Å²) in [6.07, 6.45) is 0.798. The third kappa shape index (κ3) is 2.79. The number of nitrogens with zero attached hydrogens (tertiary/aromatic N) is 1. The molecule has 1 atom stereocenters. The van der Waals surface area contributed by atoms with E-state index in [1.165, 1.54) is 11.3 Å². The maximum Gasteiger partial charge on any atom is 0.263 e. The summed E-state index contributed by atoms with van der Waals surface area (Å²) < 4.78 is 0. The Labute approximate surface area is 116 Å². The highest BCUT2D eigenvalue weighted by Crippen LogP contribution is 2.29. The molecule has 6 heteroatoms. The van der Waals surface area contributed by atoms with Gasteiger partial charge in [-0.15, -0.1) is 11.3 Å². The molecular formula is C13H19N3O2S. The van der Waals surface area contributed by atoms with E-state index in [-0.39, 0.29) is 17.4 Å². The first-order valence-corrected chi connectivity index (χ1v) is 7.12. The molecule has 1 unspecified atom stereocenters. The predicted molar refractivity (Wildman–Crippen MR) is 75.1 cm³/mol. The van der Waals surface area contributed by atoms with Crippen molar-refractivity contribution >= 4 is 23.2 Å². The van der Waals surface area contributed by atoms with Crippen molar-refractivity contribution in [3.05, 3.63) is 21.9 Å². The highest BCUT2D eigenvalue weighted by Gasteiger charge is 2.35. The minimum absolute atomic E-state index is 0.0440. The van der Waals surface area contributed by atoms with Gasteiger partial charge in [0.15, 0.2) is 0 Å². The molecule has 4 N–H and O–H groups in total. The molecule has 0 spiro atoms. The first-order valence-electron chi connectivity index (χ1n) is 6.24. The lowest BCUT2D eigenvalue weighted by Gasteiger charge is -2.42. The van der Waals surface area contributed by atoms with E-state index in [9.17, 15) is 9.59 Å². The van der Waals surface area contributed by atoms with Gasteiger partial charge in [0, 0.05) is 24.5 Å². The van der Waals surface area contributed by atoms with Crippen LogP contribution in [0.15, 0.2) is 11.4 Å². The maximum atomic E-state index is 12.4. The van der Waals surface area contributed by atoms with Gasteiger partial charge in [-0.25, -0.2) is 0 Å². The third-order valence-electron chi connectivity index (χ3n) is 3.69. The largest absolute Gasteiger partial charge is 0.366 e. The topological polar surface area (TPSA) is 89.4 Å². The van der Waals surface area contributed by atoms with Crippen LogP contribution in [0, 0.1) is 5.41 Å². The van der Waals surface area contributed by atoms with Gasteiger partial charge in [-0.2, -0.15) is 0 Å². The Balaban J connectivity index is 2.13. The number of primary amides is 1. The van der Waals surface area contributed by atoms with Crippen molar-refractivity contribution < 1.29 is 9.59 Å². The zero-order valence-electron chi connectivity index (χ0n) is 11.2. The van der Waals surface area contributed by atoms with Crippen molar-refractivity contribution in [1.29, 1.82) is 0 Å². The molecule has 2 amide bonds. The number of hydrogen-bond acceptors (Lipinski definition) is 4. The fourth-order valence-electron chi connectivity index (χ4n) is 2.28. The van der Waals surface area contributed by atoms with Gasteiger partial charge in [0.25, 0.3) is 5.91 Å². The number of nitrogens with two attached hydrogens (primary N) is 2. The molecule has 1 saturated heterocycles. The second-order valence-electron chi connectivity index (χ2n) is 5.67. The average molecular weight is 281 g/mol. The summed E-state index contributed by atoms with van der Waals surface area (Å²) in [6.45, 7) is 5.44. The van der Waals surface area contributed by atoms with Crippen LogP contribution in [-0.4, -0.2) is 35.8 Å². The molecule has 1 aromatic heterocycles. The van der Waals surface area contributed by atoms with Crippen LogP contribution in [-0.2, 0) is 0 Å². The van der Waals surface area contributed by atoms with E-state index in [1.807, 2.05) is 0 Å². The minimum atomic E-state index is -0.503. The van der Waals surface area contributed by atoms with Crippen LogP contribution in [0.2, 0.25) is 0 Å². The maximum absolute atomic E-state index is 12.4. The quantitative estimate of drug-likeness (QED) is 0.849. The van der Waals surface area contributed by atoms with Gasteiger partial charge in [0.05, 0.1) is 10.4 Å². The summed E-state index contributed by atoms with van der Waals surface area (Å²) >= 11 is 1.26. The molecule has 1 aliphatic rings. The fourth-order valence-corrected chi connectivity index (χ4v) is 3.14. The zero-order valence-corrected chi connectivity index (χ0v) is 12.0. The van der Waals surface area contributed by atoms with E-state index >= 15 is 0 Å². The van der Waals surface area contributed by atoms with Crippen LogP contribution in [0.1, 0.15) is 40.3 Å². The predicted octanol–water partition coefficient (Wildman–Crippen LogP) is 1.05. The zero-order chi connectivity index (χ0) is 14.2. The van der Waals surface area contributed by atoms with Gasteiger partial charge in [-0.1, -0.05) is 13.8 Å². The Hall–Kier alpha value is -1.40. The van der Waals surface area contributed by atoms with Crippen LogP contribution in [0.5, 0.6) is 0 Å². The van der Waals surface area contributed by atoms with E-state index in [2.05, 4.69) is 13.8 Å². The summed E-state index contributed by atoms with van der Waals surface area (Å²) in [4.78, 5) is 25.8. The Bertz CT molecular complexity index is 510. The summed E-state index contributed by atoms with van der Waals surface area (Å²) in [5, 5.41) is 1.62. The fraction of sp³-hybridized carbons (Fsp3) is 0.538. The number of hydrogen-bond donors (Lipinski definition) is 2. The molecule has 1 aliphatic heterocycles. The van der Waals surface area contributed by atoms with Gasteiger partial charge in [-0.05, 0) is 17.9 Å². The number of rotatable bonds is 2. The highest BCUT2D eigenvalue weighted by atomic mass is 32.1. The second-order valence-corrected chi connectivity index (χ2v) is 6.59. The smallest absolute Gasteiger partial charge is 0.263 e. The van der Waals surface area contributed by atoms with Crippen LogP contribution in [0.4, 0.5) is 0 Å². The molecule has 0 bridgehead atoms. The van der Waals surface area contributed by atoms with Gasteiger partial charge in [-0.3, -0.25) is 9.59 Å². The van der Waals surface area contributed by atoms with Crippen molar-refractivity contribution in [3.63, 3.8) is 0 Å². The van der Waals surface area contributed by atoms with Crippen LogP contribution in [0.3, 0.4) is 0 Å². The molecule has 0 aromatic carbocycles. The van der Waals surface area contributed by atoms with E-state index in [4.69, 9.17) is 11.5 Å². The molecule has 2 heterocycles. The lowest BCUT2D eigenvalue weighted by Crippen LogP contribution is -2.53. The summed E-state index contributed by atoms with van der Waals surface area (Å²) in [6, 6.07) is 1.68. The standard InChI is InChI=1S/C13H19N3O2S/c1-13(2)7-16(4-3-10(13)14)12(18)9-5-8(6-19-9)11(15)17/h5-6,10H,3-4,7,14H2,1-2H3,(H2,15,17).